The minimum atomic E-state index is -0.927. The number of pyridine rings is 1. The van der Waals surface area contributed by atoms with E-state index in [1.807, 2.05) is 32.0 Å². The van der Waals surface area contributed by atoms with Crippen LogP contribution in [0.5, 0.6) is 0 Å². The SMILES string of the molecule is CO[C@H]1C[C@@H]2C[C@H](c3ccccn3)OC[C@]2(O)[C@@H]1N1CCN(CC(=O)NC(C)C)CC1. The van der Waals surface area contributed by atoms with Crippen molar-refractivity contribution < 1.29 is 19.4 Å². The highest BCUT2D eigenvalue weighted by atomic mass is 16.5. The first kappa shape index (κ1) is 22.6. The third-order valence-corrected chi connectivity index (χ3v) is 7.04. The third-order valence-electron chi connectivity index (χ3n) is 7.04. The van der Waals surface area contributed by atoms with E-state index in [0.29, 0.717) is 13.2 Å². The van der Waals surface area contributed by atoms with Gasteiger partial charge in [-0.25, -0.2) is 0 Å². The highest BCUT2D eigenvalue weighted by Gasteiger charge is 2.59. The maximum absolute atomic E-state index is 12.1. The number of rotatable bonds is 6. The molecule has 8 heteroatoms. The number of methoxy groups -OCH3 is 1. The number of carbonyl (C=O) groups is 1. The van der Waals surface area contributed by atoms with Crippen molar-refractivity contribution in [3.63, 3.8) is 0 Å². The first-order valence-corrected chi connectivity index (χ1v) is 11.4. The normalized spacial score (nSPS) is 34.6. The minimum absolute atomic E-state index is 0.0307. The second kappa shape index (κ2) is 9.50. The Morgan fingerprint density at radius 1 is 1.32 bits per heavy atom. The summed E-state index contributed by atoms with van der Waals surface area (Å²) < 4.78 is 12.0. The molecule has 172 valence electrons. The molecular weight excluding hydrogens is 396 g/mol. The number of aliphatic hydroxyl groups is 1. The van der Waals surface area contributed by atoms with Crippen molar-refractivity contribution >= 4 is 5.91 Å². The van der Waals surface area contributed by atoms with Crippen LogP contribution in [-0.2, 0) is 14.3 Å². The summed E-state index contributed by atoms with van der Waals surface area (Å²) in [7, 11) is 1.74. The molecule has 5 atom stereocenters. The van der Waals surface area contributed by atoms with Crippen molar-refractivity contribution in [2.75, 3.05) is 46.4 Å². The van der Waals surface area contributed by atoms with Crippen LogP contribution in [0.4, 0.5) is 0 Å². The Bertz CT molecular complexity index is 740. The number of hydrogen-bond acceptors (Lipinski definition) is 7. The molecule has 0 unspecified atom stereocenters. The van der Waals surface area contributed by atoms with Gasteiger partial charge in [0.1, 0.15) is 5.60 Å². The van der Waals surface area contributed by atoms with Crippen molar-refractivity contribution in [2.24, 2.45) is 5.92 Å². The Hall–Kier alpha value is -1.58. The summed E-state index contributed by atoms with van der Waals surface area (Å²) in [6.45, 7) is 7.88. The van der Waals surface area contributed by atoms with E-state index >= 15 is 0 Å². The van der Waals surface area contributed by atoms with Crippen LogP contribution in [0.2, 0.25) is 0 Å². The zero-order valence-corrected chi connectivity index (χ0v) is 18.9. The van der Waals surface area contributed by atoms with Crippen LogP contribution in [-0.4, -0.2) is 96.0 Å². The lowest BCUT2D eigenvalue weighted by molar-refractivity contribution is -0.177. The summed E-state index contributed by atoms with van der Waals surface area (Å²) in [5.41, 5.74) is -0.00127. The molecule has 2 saturated heterocycles. The van der Waals surface area contributed by atoms with E-state index in [9.17, 15) is 9.90 Å². The van der Waals surface area contributed by atoms with E-state index in [4.69, 9.17) is 9.47 Å². The van der Waals surface area contributed by atoms with Gasteiger partial charge in [0.05, 0.1) is 37.1 Å². The number of nitrogens with zero attached hydrogens (tertiary/aromatic N) is 3. The minimum Gasteiger partial charge on any atom is -0.385 e. The van der Waals surface area contributed by atoms with Crippen molar-refractivity contribution in [1.29, 1.82) is 0 Å². The summed E-state index contributed by atoms with van der Waals surface area (Å²) in [6.07, 6.45) is 3.24. The van der Waals surface area contributed by atoms with Gasteiger partial charge in [0.15, 0.2) is 0 Å². The smallest absolute Gasteiger partial charge is 0.234 e. The molecule has 3 aliphatic rings. The number of ether oxygens (including phenoxy) is 2. The zero-order valence-electron chi connectivity index (χ0n) is 18.9. The second-order valence-corrected chi connectivity index (χ2v) is 9.47. The molecule has 3 fully saturated rings. The highest BCUT2D eigenvalue weighted by Crippen LogP contribution is 2.48. The number of amides is 1. The quantitative estimate of drug-likeness (QED) is 0.688. The van der Waals surface area contributed by atoms with Crippen LogP contribution in [0.15, 0.2) is 24.4 Å². The van der Waals surface area contributed by atoms with Gasteiger partial charge in [-0.15, -0.1) is 0 Å². The van der Waals surface area contributed by atoms with E-state index in [-0.39, 0.29) is 36.1 Å². The van der Waals surface area contributed by atoms with Gasteiger partial charge < -0.3 is 19.9 Å². The van der Waals surface area contributed by atoms with Gasteiger partial charge in [-0.3, -0.25) is 19.6 Å². The van der Waals surface area contributed by atoms with Crippen LogP contribution in [0.3, 0.4) is 0 Å². The van der Waals surface area contributed by atoms with E-state index in [1.165, 1.54) is 0 Å². The topological polar surface area (TPSA) is 87.2 Å². The molecule has 0 radical (unpaired) electrons. The Morgan fingerprint density at radius 3 is 2.74 bits per heavy atom. The van der Waals surface area contributed by atoms with Gasteiger partial charge >= 0.3 is 0 Å². The average Bonchev–Trinajstić information content (AvgIpc) is 3.06. The summed E-state index contributed by atoms with van der Waals surface area (Å²) in [4.78, 5) is 21.1. The lowest BCUT2D eigenvalue weighted by atomic mass is 9.81. The monoisotopic (exact) mass is 432 g/mol. The number of nitrogens with one attached hydrogen (secondary N) is 1. The number of carbonyl (C=O) groups excluding carboxylic acids is 1. The van der Waals surface area contributed by atoms with Crippen LogP contribution in [0.1, 0.15) is 38.5 Å². The molecular formula is C23H36N4O4. The Balaban J connectivity index is 1.39. The highest BCUT2D eigenvalue weighted by molar-refractivity contribution is 5.78. The predicted molar refractivity (Wildman–Crippen MR) is 116 cm³/mol. The number of aromatic nitrogens is 1. The number of fused-ring (bicyclic) bond motifs is 1. The maximum atomic E-state index is 12.1. The molecule has 8 nitrogen and oxygen atoms in total. The molecule has 1 amide bonds. The predicted octanol–water partition coefficient (Wildman–Crippen LogP) is 0.820. The van der Waals surface area contributed by atoms with Crippen molar-refractivity contribution in [3.05, 3.63) is 30.1 Å². The van der Waals surface area contributed by atoms with Crippen molar-refractivity contribution in [2.45, 2.75) is 56.6 Å². The van der Waals surface area contributed by atoms with Gasteiger partial charge in [0.25, 0.3) is 0 Å². The van der Waals surface area contributed by atoms with E-state index in [1.54, 1.807) is 13.3 Å². The molecule has 3 heterocycles. The summed E-state index contributed by atoms with van der Waals surface area (Å²) in [5.74, 6) is 0.178. The standard InChI is InChI=1S/C23H36N4O4/c1-16(2)25-21(28)14-26-8-10-27(11-9-26)22-20(30-3)13-17-12-19(31-15-23(17,22)29)18-6-4-5-7-24-18/h4-7,16-17,19-20,22,29H,8-15H2,1-3H3,(H,25,28)/t17-,19+,20-,22+,23+/m0/s1. The molecule has 0 spiro atoms. The molecule has 2 aliphatic heterocycles. The second-order valence-electron chi connectivity index (χ2n) is 9.47. The lowest BCUT2D eigenvalue weighted by Crippen LogP contribution is -2.63. The van der Waals surface area contributed by atoms with E-state index in [0.717, 1.165) is 44.7 Å². The first-order valence-electron chi connectivity index (χ1n) is 11.4. The third kappa shape index (κ3) is 4.78. The van der Waals surface area contributed by atoms with Crippen molar-refractivity contribution in [3.8, 4) is 0 Å². The van der Waals surface area contributed by atoms with Gasteiger partial charge in [0, 0.05) is 45.5 Å². The van der Waals surface area contributed by atoms with E-state index < -0.39 is 5.60 Å². The fourth-order valence-corrected chi connectivity index (χ4v) is 5.56. The fraction of sp³-hybridized carbons (Fsp3) is 0.739. The zero-order chi connectivity index (χ0) is 22.0. The van der Waals surface area contributed by atoms with Gasteiger partial charge in [0.2, 0.25) is 5.91 Å². The average molecular weight is 433 g/mol. The van der Waals surface area contributed by atoms with Crippen LogP contribution < -0.4 is 5.32 Å². The molecule has 2 N–H and O–H groups in total. The van der Waals surface area contributed by atoms with Gasteiger partial charge in [-0.1, -0.05) is 6.07 Å². The first-order chi connectivity index (χ1) is 14.9. The fourth-order valence-electron chi connectivity index (χ4n) is 5.56. The molecule has 4 rings (SSSR count). The Labute approximate surface area is 184 Å². The van der Waals surface area contributed by atoms with Gasteiger partial charge in [-0.05, 0) is 44.7 Å². The number of hydrogen-bond donors (Lipinski definition) is 2. The molecule has 1 aromatic rings. The lowest BCUT2D eigenvalue weighted by Gasteiger charge is -2.47. The maximum Gasteiger partial charge on any atom is 0.234 e. The molecule has 1 aromatic heterocycles. The molecule has 1 aliphatic carbocycles. The van der Waals surface area contributed by atoms with Crippen LogP contribution in [0, 0.1) is 5.92 Å². The summed E-state index contributed by atoms with van der Waals surface area (Å²) >= 11 is 0. The van der Waals surface area contributed by atoms with Crippen LogP contribution >= 0.6 is 0 Å². The van der Waals surface area contributed by atoms with E-state index in [2.05, 4.69) is 20.1 Å². The van der Waals surface area contributed by atoms with Gasteiger partial charge in [-0.2, -0.15) is 0 Å². The summed E-state index contributed by atoms with van der Waals surface area (Å²) in [5, 5.41) is 14.7. The number of piperazine rings is 1. The Morgan fingerprint density at radius 2 is 2.10 bits per heavy atom. The largest absolute Gasteiger partial charge is 0.385 e. The molecule has 1 saturated carbocycles. The van der Waals surface area contributed by atoms with Crippen molar-refractivity contribution in [1.82, 2.24) is 20.1 Å². The summed E-state index contributed by atoms with van der Waals surface area (Å²) in [6, 6.07) is 5.93. The molecule has 0 bridgehead atoms. The van der Waals surface area contributed by atoms with Crippen LogP contribution in [0.25, 0.3) is 0 Å². The Kier molecular flexibility index (Phi) is 6.93. The molecule has 31 heavy (non-hydrogen) atoms. The molecule has 0 aromatic carbocycles.